The maximum atomic E-state index is 8.17. The molecule has 1 nitrogen and oxygen atoms in total. The number of hydrogen-bond donors (Lipinski definition) is 1. The number of rotatable bonds is 1. The summed E-state index contributed by atoms with van der Waals surface area (Å²) in [4.78, 5) is 0. The van der Waals surface area contributed by atoms with Crippen LogP contribution in [0.25, 0.3) is 0 Å². The smallest absolute Gasteiger partial charge is 0.104 e. The molecule has 0 aliphatic rings. The predicted octanol–water partition coefficient (Wildman–Crippen LogP) is 0.932. The molecule has 0 radical (unpaired) electrons. The van der Waals surface area contributed by atoms with E-state index in [0.717, 1.165) is 0 Å². The van der Waals surface area contributed by atoms with Crippen molar-refractivity contribution in [3.8, 4) is 11.8 Å². The van der Waals surface area contributed by atoms with Crippen molar-refractivity contribution < 1.29 is 5.11 Å². The normalized spacial score (nSPS) is 6.44. The SMILES string of the molecule is OCC#CC=C=CCCl. The Morgan fingerprint density at radius 3 is 2.89 bits per heavy atom. The monoisotopic (exact) mass is 142 g/mol. The molecule has 0 heterocycles. The van der Waals surface area contributed by atoms with E-state index in [0.29, 0.717) is 5.88 Å². The van der Waals surface area contributed by atoms with Gasteiger partial charge in [-0.15, -0.1) is 17.3 Å². The van der Waals surface area contributed by atoms with Gasteiger partial charge >= 0.3 is 0 Å². The first-order valence-corrected chi connectivity index (χ1v) is 3.00. The number of allylic oxidation sites excluding steroid dienone is 1. The summed E-state index contributed by atoms with van der Waals surface area (Å²) in [7, 11) is 0. The summed E-state index contributed by atoms with van der Waals surface area (Å²) in [5.41, 5.74) is 2.70. The van der Waals surface area contributed by atoms with E-state index in [1.807, 2.05) is 0 Å². The molecule has 0 aliphatic carbocycles. The van der Waals surface area contributed by atoms with Crippen molar-refractivity contribution >= 4 is 11.6 Å². The van der Waals surface area contributed by atoms with Gasteiger partial charge in [0.1, 0.15) is 6.61 Å². The topological polar surface area (TPSA) is 20.2 Å². The van der Waals surface area contributed by atoms with Gasteiger partial charge in [-0.05, 0) is 6.08 Å². The van der Waals surface area contributed by atoms with E-state index in [1.165, 1.54) is 6.08 Å². The lowest BCUT2D eigenvalue weighted by atomic mass is 10.5. The van der Waals surface area contributed by atoms with Gasteiger partial charge in [0.2, 0.25) is 0 Å². The first-order valence-electron chi connectivity index (χ1n) is 2.46. The van der Waals surface area contributed by atoms with Gasteiger partial charge in [-0.1, -0.05) is 11.8 Å². The first-order chi connectivity index (χ1) is 4.41. The molecular weight excluding hydrogens is 136 g/mol. The van der Waals surface area contributed by atoms with Crippen molar-refractivity contribution in [3.05, 3.63) is 17.9 Å². The van der Waals surface area contributed by atoms with Crippen LogP contribution in [0.4, 0.5) is 0 Å². The molecule has 0 aromatic heterocycles. The highest BCUT2D eigenvalue weighted by molar-refractivity contribution is 6.18. The molecule has 0 saturated heterocycles. The van der Waals surface area contributed by atoms with Gasteiger partial charge in [-0.25, -0.2) is 0 Å². The number of halogens is 1. The summed E-state index contributed by atoms with van der Waals surface area (Å²) in [6.45, 7) is -0.112. The summed E-state index contributed by atoms with van der Waals surface area (Å²) >= 11 is 5.28. The van der Waals surface area contributed by atoms with Crippen LogP contribution in [0.3, 0.4) is 0 Å². The Bertz CT molecular complexity index is 167. The van der Waals surface area contributed by atoms with Crippen LogP contribution in [0.15, 0.2) is 17.9 Å². The average Bonchev–Trinajstić information content (AvgIpc) is 1.89. The molecule has 48 valence electrons. The zero-order valence-electron chi connectivity index (χ0n) is 4.89. The van der Waals surface area contributed by atoms with Crippen LogP contribution in [0.5, 0.6) is 0 Å². The number of aliphatic hydroxyl groups is 1. The molecule has 0 atom stereocenters. The van der Waals surface area contributed by atoms with Crippen molar-refractivity contribution in [2.45, 2.75) is 0 Å². The second-order valence-corrected chi connectivity index (χ2v) is 1.46. The van der Waals surface area contributed by atoms with Gasteiger partial charge in [0.25, 0.3) is 0 Å². The van der Waals surface area contributed by atoms with Crippen molar-refractivity contribution in [3.63, 3.8) is 0 Å². The van der Waals surface area contributed by atoms with Crippen molar-refractivity contribution in [1.82, 2.24) is 0 Å². The molecule has 0 rings (SSSR count). The third kappa shape index (κ3) is 7.33. The molecule has 0 fully saturated rings. The Hall–Kier alpha value is -0.670. The van der Waals surface area contributed by atoms with E-state index in [1.54, 1.807) is 6.08 Å². The minimum Gasteiger partial charge on any atom is -0.384 e. The van der Waals surface area contributed by atoms with Crippen LogP contribution < -0.4 is 0 Å². The number of aliphatic hydroxyl groups excluding tert-OH is 1. The molecule has 0 aliphatic heterocycles. The Morgan fingerprint density at radius 2 is 2.33 bits per heavy atom. The van der Waals surface area contributed by atoms with Crippen LogP contribution >= 0.6 is 11.6 Å². The predicted molar refractivity (Wildman–Crippen MR) is 38.2 cm³/mol. The standard InChI is InChI=1S/C7H7ClO/c8-6-4-2-1-3-5-7-9/h1,4,9H,6-7H2. The molecule has 2 heteroatoms. The van der Waals surface area contributed by atoms with Gasteiger partial charge < -0.3 is 5.11 Å². The van der Waals surface area contributed by atoms with Crippen LogP contribution in [-0.4, -0.2) is 17.6 Å². The Labute approximate surface area is 59.6 Å². The molecule has 0 aromatic rings. The van der Waals surface area contributed by atoms with Crippen LogP contribution in [-0.2, 0) is 0 Å². The lowest BCUT2D eigenvalue weighted by Crippen LogP contribution is -1.67. The second kappa shape index (κ2) is 7.33. The first kappa shape index (κ1) is 8.33. The zero-order chi connectivity index (χ0) is 6.95. The largest absolute Gasteiger partial charge is 0.384 e. The van der Waals surface area contributed by atoms with E-state index in [-0.39, 0.29) is 6.61 Å². The Kier molecular flexibility index (Phi) is 6.78. The highest BCUT2D eigenvalue weighted by Crippen LogP contribution is 1.72. The van der Waals surface area contributed by atoms with Gasteiger partial charge in [0, 0.05) is 12.0 Å². The minimum absolute atomic E-state index is 0.112. The fourth-order valence-corrected chi connectivity index (χ4v) is 0.331. The summed E-state index contributed by atoms with van der Waals surface area (Å²) in [5.74, 6) is 5.42. The van der Waals surface area contributed by atoms with E-state index in [2.05, 4.69) is 17.6 Å². The Balaban J connectivity index is 3.58. The van der Waals surface area contributed by atoms with Crippen LogP contribution in [0, 0.1) is 11.8 Å². The molecule has 0 unspecified atom stereocenters. The zero-order valence-corrected chi connectivity index (χ0v) is 5.65. The van der Waals surface area contributed by atoms with Crippen molar-refractivity contribution in [1.29, 1.82) is 0 Å². The van der Waals surface area contributed by atoms with Crippen molar-refractivity contribution in [2.24, 2.45) is 0 Å². The number of hydrogen-bond acceptors (Lipinski definition) is 1. The molecule has 0 spiro atoms. The van der Waals surface area contributed by atoms with Crippen LogP contribution in [0.1, 0.15) is 0 Å². The van der Waals surface area contributed by atoms with E-state index < -0.39 is 0 Å². The van der Waals surface area contributed by atoms with Gasteiger partial charge in [-0.2, -0.15) is 0 Å². The second-order valence-electron chi connectivity index (χ2n) is 1.15. The highest BCUT2D eigenvalue weighted by Gasteiger charge is 1.59. The molecule has 0 bridgehead atoms. The van der Waals surface area contributed by atoms with E-state index in [4.69, 9.17) is 16.7 Å². The lowest BCUT2D eigenvalue weighted by molar-refractivity contribution is 0.350. The summed E-state index contributed by atoms with van der Waals surface area (Å²) in [6, 6.07) is 0. The lowest BCUT2D eigenvalue weighted by Gasteiger charge is -1.65. The fourth-order valence-electron chi connectivity index (χ4n) is 0.242. The molecule has 0 aromatic carbocycles. The fraction of sp³-hybridized carbons (Fsp3) is 0.286. The molecule has 0 saturated carbocycles. The molecule has 9 heavy (non-hydrogen) atoms. The average molecular weight is 143 g/mol. The van der Waals surface area contributed by atoms with Gasteiger partial charge in [0.05, 0.1) is 0 Å². The quantitative estimate of drug-likeness (QED) is 0.328. The maximum absolute atomic E-state index is 8.17. The summed E-state index contributed by atoms with van der Waals surface area (Å²) < 4.78 is 0. The van der Waals surface area contributed by atoms with Crippen LogP contribution in [0.2, 0.25) is 0 Å². The third-order valence-electron chi connectivity index (χ3n) is 0.532. The summed E-state index contributed by atoms with van der Waals surface area (Å²) in [6.07, 6.45) is 3.16. The van der Waals surface area contributed by atoms with E-state index in [9.17, 15) is 0 Å². The van der Waals surface area contributed by atoms with Crippen molar-refractivity contribution in [2.75, 3.05) is 12.5 Å². The Morgan fingerprint density at radius 1 is 1.56 bits per heavy atom. The van der Waals surface area contributed by atoms with E-state index >= 15 is 0 Å². The highest BCUT2D eigenvalue weighted by atomic mass is 35.5. The minimum atomic E-state index is -0.112. The molecular formula is C7H7ClO. The third-order valence-corrected chi connectivity index (χ3v) is 0.686. The van der Waals surface area contributed by atoms with Gasteiger partial charge in [0.15, 0.2) is 0 Å². The maximum Gasteiger partial charge on any atom is 0.104 e. The molecule has 1 N–H and O–H groups in total. The number of alkyl halides is 1. The summed E-state index contributed by atoms with van der Waals surface area (Å²) in [5, 5.41) is 8.17. The molecule has 0 amide bonds. The van der Waals surface area contributed by atoms with Gasteiger partial charge in [-0.3, -0.25) is 0 Å².